The number of unbranched alkanes of at least 4 members (excludes halogenated alkanes) is 1. The second-order valence-electron chi connectivity index (χ2n) is 10.6. The van der Waals surface area contributed by atoms with Crippen LogP contribution in [0, 0.1) is 0 Å². The predicted octanol–water partition coefficient (Wildman–Crippen LogP) is 8.25. The van der Waals surface area contributed by atoms with Crippen LogP contribution < -0.4 is 14.2 Å². The van der Waals surface area contributed by atoms with Gasteiger partial charge in [-0.05, 0) is 30.2 Å². The zero-order valence-corrected chi connectivity index (χ0v) is 25.6. The molecule has 0 saturated heterocycles. The molecule has 0 N–H and O–H groups in total. The molecule has 0 amide bonds. The molecule has 0 unspecified atom stereocenters. The maximum atomic E-state index is 5.85. The van der Waals surface area contributed by atoms with Crippen LogP contribution in [0.4, 0.5) is 0 Å². The van der Waals surface area contributed by atoms with Gasteiger partial charge in [0.25, 0.3) is 0 Å². The van der Waals surface area contributed by atoms with E-state index >= 15 is 0 Å². The number of hydrogen-bond donors (Lipinski definition) is 0. The van der Waals surface area contributed by atoms with Crippen LogP contribution in [-0.2, 0) is 26.2 Å². The van der Waals surface area contributed by atoms with Crippen molar-refractivity contribution < 1.29 is 14.2 Å². The van der Waals surface area contributed by atoms with Gasteiger partial charge in [-0.3, -0.25) is 4.90 Å². The summed E-state index contributed by atoms with van der Waals surface area (Å²) in [6.45, 7) is 5.23. The molecule has 6 heteroatoms. The van der Waals surface area contributed by atoms with E-state index in [-0.39, 0.29) is 0 Å². The first-order valence-electron chi connectivity index (χ1n) is 14.9. The molecule has 222 valence electrons. The molecule has 0 fully saturated rings. The van der Waals surface area contributed by atoms with Crippen LogP contribution in [-0.4, -0.2) is 35.8 Å². The van der Waals surface area contributed by atoms with E-state index < -0.39 is 0 Å². The van der Waals surface area contributed by atoms with Crippen molar-refractivity contribution in [1.29, 1.82) is 0 Å². The number of benzene rings is 4. The molecular formula is C37H41N3O3. The Kier molecular flexibility index (Phi) is 10.1. The molecule has 0 radical (unpaired) electrons. The van der Waals surface area contributed by atoms with Crippen molar-refractivity contribution in [3.63, 3.8) is 0 Å². The van der Waals surface area contributed by atoms with Gasteiger partial charge in [0.05, 0.1) is 32.7 Å². The quantitative estimate of drug-likeness (QED) is 0.133. The number of hydrogen-bond acceptors (Lipinski definition) is 5. The average Bonchev–Trinajstić information content (AvgIpc) is 3.42. The number of rotatable bonds is 14. The minimum Gasteiger partial charge on any atom is -0.497 e. The van der Waals surface area contributed by atoms with E-state index in [1.54, 1.807) is 21.3 Å². The zero-order valence-electron chi connectivity index (χ0n) is 25.6. The average molecular weight is 576 g/mol. The van der Waals surface area contributed by atoms with Gasteiger partial charge in [-0.1, -0.05) is 98.3 Å². The molecule has 0 atom stereocenters. The van der Waals surface area contributed by atoms with Gasteiger partial charge in [-0.25, -0.2) is 4.98 Å². The number of nitrogens with zero attached hydrogens (tertiary/aromatic N) is 3. The summed E-state index contributed by atoms with van der Waals surface area (Å²) in [4.78, 5) is 7.79. The molecule has 0 saturated carbocycles. The largest absolute Gasteiger partial charge is 0.497 e. The van der Waals surface area contributed by atoms with E-state index in [9.17, 15) is 0 Å². The van der Waals surface area contributed by atoms with Gasteiger partial charge in [-0.2, -0.15) is 0 Å². The third-order valence-electron chi connectivity index (χ3n) is 7.70. The first-order chi connectivity index (χ1) is 21.1. The Balaban J connectivity index is 1.63. The monoisotopic (exact) mass is 575 g/mol. The summed E-state index contributed by atoms with van der Waals surface area (Å²) in [7, 11) is 5.08. The maximum absolute atomic E-state index is 5.85. The van der Waals surface area contributed by atoms with E-state index in [1.165, 1.54) is 11.3 Å². The molecule has 43 heavy (non-hydrogen) atoms. The Morgan fingerprint density at radius 3 is 2.00 bits per heavy atom. The van der Waals surface area contributed by atoms with Crippen LogP contribution >= 0.6 is 0 Å². The Morgan fingerprint density at radius 1 is 0.674 bits per heavy atom. The number of aromatic nitrogens is 2. The molecule has 1 aromatic heterocycles. The summed E-state index contributed by atoms with van der Waals surface area (Å²) in [6, 6.07) is 35.5. The molecule has 0 bridgehead atoms. The maximum Gasteiger partial charge on any atom is 0.165 e. The third-order valence-corrected chi connectivity index (χ3v) is 7.70. The highest BCUT2D eigenvalue weighted by molar-refractivity contribution is 5.68. The van der Waals surface area contributed by atoms with Gasteiger partial charge in [0, 0.05) is 42.9 Å². The van der Waals surface area contributed by atoms with Crippen LogP contribution in [0.3, 0.4) is 0 Å². The molecule has 0 aliphatic carbocycles. The van der Waals surface area contributed by atoms with E-state index in [1.807, 2.05) is 24.3 Å². The van der Waals surface area contributed by atoms with Crippen LogP contribution in [0.25, 0.3) is 22.6 Å². The standard InChI is InChI=1S/C37H41N3O3/c1-5-6-24-40-33(35(29-14-9-7-10-15-29)38-37(40)30-16-11-8-12-17-30)27-39(25-28-20-22-32(41-2)23-21-28)26-31-18-13-19-34(42-3)36(31)43-4/h7-23H,5-6,24-27H2,1-4H3. The lowest BCUT2D eigenvalue weighted by molar-refractivity contribution is 0.236. The van der Waals surface area contributed by atoms with Gasteiger partial charge in [0.15, 0.2) is 11.5 Å². The summed E-state index contributed by atoms with van der Waals surface area (Å²) >= 11 is 0. The fourth-order valence-corrected chi connectivity index (χ4v) is 5.53. The molecule has 1 heterocycles. The molecule has 5 aromatic rings. The number of methoxy groups -OCH3 is 3. The highest BCUT2D eigenvalue weighted by Crippen LogP contribution is 2.35. The van der Waals surface area contributed by atoms with Crippen molar-refractivity contribution in [3.8, 4) is 39.9 Å². The topological polar surface area (TPSA) is 48.8 Å². The summed E-state index contributed by atoms with van der Waals surface area (Å²) in [6.07, 6.45) is 2.17. The molecule has 0 spiro atoms. The van der Waals surface area contributed by atoms with E-state index in [0.29, 0.717) is 13.1 Å². The van der Waals surface area contributed by atoms with Gasteiger partial charge in [0.1, 0.15) is 11.6 Å². The summed E-state index contributed by atoms with van der Waals surface area (Å²) in [5.41, 5.74) is 6.74. The number of para-hydroxylation sites is 1. The minimum absolute atomic E-state index is 0.667. The van der Waals surface area contributed by atoms with Crippen LogP contribution in [0.5, 0.6) is 17.2 Å². The van der Waals surface area contributed by atoms with E-state index in [0.717, 1.165) is 71.4 Å². The van der Waals surface area contributed by atoms with Crippen molar-refractivity contribution >= 4 is 0 Å². The normalized spacial score (nSPS) is 11.1. The molecule has 0 aliphatic heterocycles. The third kappa shape index (κ3) is 7.09. The van der Waals surface area contributed by atoms with E-state index in [4.69, 9.17) is 19.2 Å². The Hall–Kier alpha value is -4.55. The van der Waals surface area contributed by atoms with Crippen LogP contribution in [0.15, 0.2) is 103 Å². The minimum atomic E-state index is 0.667. The Morgan fingerprint density at radius 2 is 1.37 bits per heavy atom. The van der Waals surface area contributed by atoms with Crippen molar-refractivity contribution in [2.24, 2.45) is 0 Å². The van der Waals surface area contributed by atoms with Crippen molar-refractivity contribution in [2.45, 2.75) is 45.9 Å². The number of ether oxygens (including phenoxy) is 3. The van der Waals surface area contributed by atoms with Crippen molar-refractivity contribution in [2.75, 3.05) is 21.3 Å². The smallest absolute Gasteiger partial charge is 0.165 e. The highest BCUT2D eigenvalue weighted by atomic mass is 16.5. The van der Waals surface area contributed by atoms with Crippen LogP contribution in [0.1, 0.15) is 36.6 Å². The van der Waals surface area contributed by atoms with Gasteiger partial charge >= 0.3 is 0 Å². The van der Waals surface area contributed by atoms with Gasteiger partial charge in [-0.15, -0.1) is 0 Å². The second-order valence-corrected chi connectivity index (χ2v) is 10.6. The van der Waals surface area contributed by atoms with Gasteiger partial charge in [0.2, 0.25) is 0 Å². The second kappa shape index (κ2) is 14.6. The first-order valence-corrected chi connectivity index (χ1v) is 14.9. The summed E-state index contributed by atoms with van der Waals surface area (Å²) < 4.78 is 19.4. The van der Waals surface area contributed by atoms with Gasteiger partial charge < -0.3 is 18.8 Å². The molecule has 0 aliphatic rings. The van der Waals surface area contributed by atoms with E-state index in [2.05, 4.69) is 95.3 Å². The fourth-order valence-electron chi connectivity index (χ4n) is 5.53. The van der Waals surface area contributed by atoms with Crippen molar-refractivity contribution in [1.82, 2.24) is 14.5 Å². The molecule has 6 nitrogen and oxygen atoms in total. The number of imidazole rings is 1. The zero-order chi connectivity index (χ0) is 30.0. The first kappa shape index (κ1) is 29.9. The molecule has 5 rings (SSSR count). The van der Waals surface area contributed by atoms with Crippen LogP contribution in [0.2, 0.25) is 0 Å². The lowest BCUT2D eigenvalue weighted by Gasteiger charge is -2.26. The highest BCUT2D eigenvalue weighted by Gasteiger charge is 2.23. The Bertz CT molecular complexity index is 1580. The summed E-state index contributed by atoms with van der Waals surface area (Å²) in [5.74, 6) is 3.35. The molecular weight excluding hydrogens is 534 g/mol. The predicted molar refractivity (Wildman–Crippen MR) is 173 cm³/mol. The SMILES string of the molecule is CCCCn1c(-c2ccccc2)nc(-c2ccccc2)c1CN(Cc1ccc(OC)cc1)Cc1cccc(OC)c1OC. The Labute approximate surface area is 255 Å². The molecule has 4 aromatic carbocycles. The van der Waals surface area contributed by atoms with Crippen molar-refractivity contribution in [3.05, 3.63) is 120 Å². The lowest BCUT2D eigenvalue weighted by Crippen LogP contribution is -2.25. The summed E-state index contributed by atoms with van der Waals surface area (Å²) in [5, 5.41) is 0. The lowest BCUT2D eigenvalue weighted by atomic mass is 10.1. The fraction of sp³-hybridized carbons (Fsp3) is 0.270.